The first-order valence-corrected chi connectivity index (χ1v) is 9.70. The van der Waals surface area contributed by atoms with Crippen LogP contribution in [0.1, 0.15) is 0 Å². The number of hydrogen-bond acceptors (Lipinski definition) is 6. The van der Waals surface area contributed by atoms with Crippen LogP contribution < -0.4 is 15.8 Å². The van der Waals surface area contributed by atoms with E-state index in [2.05, 4.69) is 14.7 Å². The molecule has 0 radical (unpaired) electrons. The molecule has 0 aliphatic heterocycles. The van der Waals surface area contributed by atoms with Crippen LogP contribution in [-0.4, -0.2) is 23.3 Å². The molecular weight excluding hydrogens is 400 g/mol. The second-order valence-corrected chi connectivity index (χ2v) is 7.84. The Kier molecular flexibility index (Phi) is 4.16. The zero-order valence-electron chi connectivity index (χ0n) is 14.5. The van der Waals surface area contributed by atoms with Gasteiger partial charge in [0.15, 0.2) is 0 Å². The monoisotopic (exact) mass is 412 g/mol. The zero-order valence-corrected chi connectivity index (χ0v) is 15.3. The molecule has 1 heterocycles. The molecule has 0 spiro atoms. The molecule has 0 saturated heterocycles. The van der Waals surface area contributed by atoms with E-state index in [0.717, 1.165) is 12.1 Å². The predicted molar refractivity (Wildman–Crippen MR) is 107 cm³/mol. The van der Waals surface area contributed by atoms with Gasteiger partial charge in [0.1, 0.15) is 0 Å². The Bertz CT molecular complexity index is 1510. The molecule has 3 N–H and O–H groups in total. The van der Waals surface area contributed by atoms with Gasteiger partial charge in [0.2, 0.25) is 0 Å². The number of nitrogens with zero attached hydrogens (tertiary/aromatic N) is 1. The first-order valence-electron chi connectivity index (χ1n) is 8.21. The van der Waals surface area contributed by atoms with Crippen LogP contribution >= 0.6 is 0 Å². The summed E-state index contributed by atoms with van der Waals surface area (Å²) in [5.74, 6) is 0. The maximum absolute atomic E-state index is 12.7. The smallest absolute Gasteiger partial charge is 0.314 e. The number of fused-ring (bicyclic) bond motifs is 3. The molecule has 0 amide bonds. The van der Waals surface area contributed by atoms with Crippen LogP contribution in [0.25, 0.3) is 21.8 Å². The molecule has 1 aromatic heterocycles. The number of H-pyrrole nitrogens is 2. The molecule has 10 nitrogen and oxygen atoms in total. The highest BCUT2D eigenvalue weighted by molar-refractivity contribution is 7.92. The number of non-ortho nitro benzene ring substituents is 1. The number of para-hydroxylation sites is 1. The van der Waals surface area contributed by atoms with E-state index < -0.39 is 31.8 Å². The Morgan fingerprint density at radius 3 is 2.28 bits per heavy atom. The Hall–Kier alpha value is -3.99. The van der Waals surface area contributed by atoms with Gasteiger partial charge in [0.25, 0.3) is 15.7 Å². The van der Waals surface area contributed by atoms with Crippen molar-refractivity contribution in [3.63, 3.8) is 0 Å². The van der Waals surface area contributed by atoms with Crippen molar-refractivity contribution in [3.05, 3.63) is 85.4 Å². The summed E-state index contributed by atoms with van der Waals surface area (Å²) < 4.78 is 27.8. The number of rotatable bonds is 4. The van der Waals surface area contributed by atoms with E-state index in [1.165, 1.54) is 12.1 Å². The molecule has 0 atom stereocenters. The van der Waals surface area contributed by atoms with Crippen LogP contribution in [-0.2, 0) is 10.0 Å². The summed E-state index contributed by atoms with van der Waals surface area (Å²) in [6.45, 7) is 0. The maximum atomic E-state index is 12.7. The van der Waals surface area contributed by atoms with Gasteiger partial charge >= 0.3 is 11.1 Å². The van der Waals surface area contributed by atoms with Gasteiger partial charge in [-0.3, -0.25) is 24.4 Å². The molecule has 11 heteroatoms. The van der Waals surface area contributed by atoms with Gasteiger partial charge in [-0.15, -0.1) is 0 Å². The molecule has 146 valence electrons. The lowest BCUT2D eigenvalue weighted by atomic mass is 10.1. The van der Waals surface area contributed by atoms with Crippen molar-refractivity contribution < 1.29 is 13.3 Å². The molecule has 0 bridgehead atoms. The topological polar surface area (TPSA) is 155 Å². The number of sulfonamides is 1. The SMILES string of the molecule is O=c1[nH]c2cc([N+](=O)[O-])c3cc(S(=O)(=O)Nc4ccccc4)ccc3c2[nH]c1=O. The van der Waals surface area contributed by atoms with Gasteiger partial charge < -0.3 is 9.97 Å². The highest BCUT2D eigenvalue weighted by atomic mass is 32.2. The van der Waals surface area contributed by atoms with E-state index in [0.29, 0.717) is 5.69 Å². The minimum atomic E-state index is -4.02. The van der Waals surface area contributed by atoms with E-state index >= 15 is 0 Å². The average molecular weight is 412 g/mol. The zero-order chi connectivity index (χ0) is 20.8. The summed E-state index contributed by atoms with van der Waals surface area (Å²) in [6, 6.07) is 13.0. The third-order valence-corrected chi connectivity index (χ3v) is 5.69. The minimum Gasteiger partial charge on any atom is -0.316 e. The third kappa shape index (κ3) is 3.23. The Labute approximate surface area is 162 Å². The molecule has 0 unspecified atom stereocenters. The number of nitro benzene ring substituents is 1. The summed E-state index contributed by atoms with van der Waals surface area (Å²) in [4.78, 5) is 38.6. The standard InChI is InChI=1S/C18H12N4O6S/c23-17-18(24)20-16-12-7-6-11(29(27,28)21-10-4-2-1-3-5-10)8-13(12)15(22(25)26)9-14(16)19-17/h1-9,21H,(H,19,23)(H,20,24). The average Bonchev–Trinajstić information content (AvgIpc) is 2.68. The van der Waals surface area contributed by atoms with Crippen molar-refractivity contribution in [2.45, 2.75) is 4.90 Å². The van der Waals surface area contributed by atoms with Gasteiger partial charge in [-0.05, 0) is 24.3 Å². The molecule has 4 rings (SSSR count). The molecule has 0 aliphatic carbocycles. The Morgan fingerprint density at radius 1 is 0.897 bits per heavy atom. The van der Waals surface area contributed by atoms with Gasteiger partial charge in [-0.25, -0.2) is 8.42 Å². The van der Waals surface area contributed by atoms with E-state index in [1.807, 2.05) is 0 Å². The Balaban J connectivity index is 1.98. The summed E-state index contributed by atoms with van der Waals surface area (Å²) in [7, 11) is -4.02. The lowest BCUT2D eigenvalue weighted by Crippen LogP contribution is -2.29. The normalized spacial score (nSPS) is 11.6. The summed E-state index contributed by atoms with van der Waals surface area (Å²) in [5, 5.41) is 11.8. The summed E-state index contributed by atoms with van der Waals surface area (Å²) in [6.07, 6.45) is 0. The van der Waals surface area contributed by atoms with E-state index in [1.54, 1.807) is 30.3 Å². The molecular formula is C18H12N4O6S. The minimum absolute atomic E-state index is 0.00105. The summed E-state index contributed by atoms with van der Waals surface area (Å²) >= 11 is 0. The maximum Gasteiger partial charge on any atom is 0.314 e. The van der Waals surface area contributed by atoms with Crippen LogP contribution in [0, 0.1) is 10.1 Å². The van der Waals surface area contributed by atoms with Crippen LogP contribution in [0.5, 0.6) is 0 Å². The molecule has 0 aliphatic rings. The van der Waals surface area contributed by atoms with Gasteiger partial charge in [-0.2, -0.15) is 0 Å². The van der Waals surface area contributed by atoms with E-state index in [9.17, 15) is 28.1 Å². The fourth-order valence-electron chi connectivity index (χ4n) is 3.01. The van der Waals surface area contributed by atoms with Gasteiger partial charge in [0.05, 0.1) is 26.2 Å². The number of nitrogens with one attached hydrogen (secondary N) is 3. The number of benzene rings is 3. The van der Waals surface area contributed by atoms with Crippen molar-refractivity contribution in [1.29, 1.82) is 0 Å². The molecule has 0 saturated carbocycles. The molecule has 4 aromatic rings. The predicted octanol–water partition coefficient (Wildman–Crippen LogP) is 2.08. The lowest BCUT2D eigenvalue weighted by Gasteiger charge is -2.10. The first-order chi connectivity index (χ1) is 13.8. The first kappa shape index (κ1) is 18.4. The second-order valence-electron chi connectivity index (χ2n) is 6.16. The molecule has 3 aromatic carbocycles. The van der Waals surface area contributed by atoms with Crippen molar-refractivity contribution in [2.24, 2.45) is 0 Å². The Morgan fingerprint density at radius 2 is 1.59 bits per heavy atom. The van der Waals surface area contributed by atoms with E-state index in [4.69, 9.17) is 0 Å². The summed E-state index contributed by atoms with van der Waals surface area (Å²) in [5.41, 5.74) is -1.72. The fraction of sp³-hybridized carbons (Fsp3) is 0. The van der Waals surface area contributed by atoms with Gasteiger partial charge in [0, 0.05) is 17.1 Å². The van der Waals surface area contributed by atoms with Crippen LogP contribution in [0.3, 0.4) is 0 Å². The number of aromatic nitrogens is 2. The number of aromatic amines is 2. The second kappa shape index (κ2) is 6.56. The van der Waals surface area contributed by atoms with Crippen LogP contribution in [0.2, 0.25) is 0 Å². The van der Waals surface area contributed by atoms with Crippen LogP contribution in [0.15, 0.2) is 69.1 Å². The van der Waals surface area contributed by atoms with Crippen molar-refractivity contribution in [3.8, 4) is 0 Å². The van der Waals surface area contributed by atoms with Crippen molar-refractivity contribution in [2.75, 3.05) is 4.72 Å². The quantitative estimate of drug-likeness (QED) is 0.202. The largest absolute Gasteiger partial charge is 0.316 e. The molecule has 29 heavy (non-hydrogen) atoms. The van der Waals surface area contributed by atoms with Crippen molar-refractivity contribution >= 4 is 43.2 Å². The lowest BCUT2D eigenvalue weighted by molar-refractivity contribution is -0.383. The van der Waals surface area contributed by atoms with Crippen molar-refractivity contribution in [1.82, 2.24) is 9.97 Å². The van der Waals surface area contributed by atoms with E-state index in [-0.39, 0.29) is 26.7 Å². The van der Waals surface area contributed by atoms with Crippen LogP contribution in [0.4, 0.5) is 11.4 Å². The number of hydrogen-bond donors (Lipinski definition) is 3. The molecule has 0 fully saturated rings. The fourth-order valence-corrected chi connectivity index (χ4v) is 4.09. The highest BCUT2D eigenvalue weighted by Crippen LogP contribution is 2.33. The van der Waals surface area contributed by atoms with Gasteiger partial charge in [-0.1, -0.05) is 24.3 Å². The number of nitro groups is 1. The highest BCUT2D eigenvalue weighted by Gasteiger charge is 2.21. The number of anilines is 1. The third-order valence-electron chi connectivity index (χ3n) is 4.31.